The Labute approximate surface area is 108 Å². The molecule has 0 unspecified atom stereocenters. The van der Waals surface area contributed by atoms with E-state index >= 15 is 0 Å². The van der Waals surface area contributed by atoms with E-state index in [-0.39, 0.29) is 0 Å². The first-order valence-electron chi connectivity index (χ1n) is 5.12. The van der Waals surface area contributed by atoms with Gasteiger partial charge in [-0.2, -0.15) is 0 Å². The number of anilines is 1. The number of ether oxygens (including phenoxy) is 1. The Morgan fingerprint density at radius 2 is 2.06 bits per heavy atom. The Morgan fingerprint density at radius 1 is 1.18 bits per heavy atom. The predicted octanol–water partition coefficient (Wildman–Crippen LogP) is 2.86. The lowest BCUT2D eigenvalue weighted by Crippen LogP contribution is -2.00. The maximum Gasteiger partial charge on any atom is 0.212 e. The third-order valence-corrected chi connectivity index (χ3v) is 2.70. The van der Waals surface area contributed by atoms with Gasteiger partial charge in [0.25, 0.3) is 0 Å². The molecule has 2 heterocycles. The number of rotatable bonds is 4. The number of aromatic nitrogens is 2. The average Bonchev–Trinajstić information content (AvgIpc) is 2.39. The molecule has 88 valence electrons. The van der Waals surface area contributed by atoms with Crippen molar-refractivity contribution in [1.29, 1.82) is 0 Å². The fraction of sp³-hybridized carbons (Fsp3) is 0.167. The molecule has 0 fully saturated rings. The van der Waals surface area contributed by atoms with Crippen molar-refractivity contribution in [2.75, 3.05) is 12.4 Å². The summed E-state index contributed by atoms with van der Waals surface area (Å²) in [5, 5.41) is 3.26. The van der Waals surface area contributed by atoms with Crippen molar-refractivity contribution >= 4 is 21.6 Å². The largest absolute Gasteiger partial charge is 0.481 e. The van der Waals surface area contributed by atoms with Gasteiger partial charge in [0.2, 0.25) is 5.88 Å². The van der Waals surface area contributed by atoms with Crippen molar-refractivity contribution in [1.82, 2.24) is 9.97 Å². The number of pyridine rings is 2. The van der Waals surface area contributed by atoms with Crippen molar-refractivity contribution in [3.63, 3.8) is 0 Å². The summed E-state index contributed by atoms with van der Waals surface area (Å²) in [6.45, 7) is 0.709. The SMILES string of the molecule is COc1ccc(CNc2ccc(Br)nc2)cn1. The van der Waals surface area contributed by atoms with Crippen LogP contribution in [0.3, 0.4) is 0 Å². The van der Waals surface area contributed by atoms with Crippen molar-refractivity contribution < 1.29 is 4.74 Å². The second-order valence-corrected chi connectivity index (χ2v) is 4.24. The highest BCUT2D eigenvalue weighted by Gasteiger charge is 1.97. The van der Waals surface area contributed by atoms with Crippen LogP contribution >= 0.6 is 15.9 Å². The maximum atomic E-state index is 5.00. The summed E-state index contributed by atoms with van der Waals surface area (Å²) in [4.78, 5) is 8.28. The Balaban J connectivity index is 1.95. The summed E-state index contributed by atoms with van der Waals surface area (Å²) in [6.07, 6.45) is 3.57. The van der Waals surface area contributed by atoms with E-state index in [0.717, 1.165) is 15.9 Å². The van der Waals surface area contributed by atoms with E-state index in [1.165, 1.54) is 0 Å². The number of nitrogens with one attached hydrogen (secondary N) is 1. The fourth-order valence-corrected chi connectivity index (χ4v) is 1.56. The quantitative estimate of drug-likeness (QED) is 0.881. The topological polar surface area (TPSA) is 47.0 Å². The number of halogens is 1. The standard InChI is InChI=1S/C12H12BrN3O/c1-17-12-5-2-9(7-16-12)6-14-10-3-4-11(13)15-8-10/h2-5,7-8,14H,6H2,1H3. The highest BCUT2D eigenvalue weighted by molar-refractivity contribution is 9.10. The molecule has 0 amide bonds. The van der Waals surface area contributed by atoms with Gasteiger partial charge in [0.1, 0.15) is 4.60 Å². The normalized spacial score (nSPS) is 10.0. The van der Waals surface area contributed by atoms with Gasteiger partial charge in [-0.05, 0) is 33.6 Å². The van der Waals surface area contributed by atoms with E-state index in [0.29, 0.717) is 12.4 Å². The molecule has 0 aliphatic heterocycles. The smallest absolute Gasteiger partial charge is 0.212 e. The Hall–Kier alpha value is -1.62. The minimum Gasteiger partial charge on any atom is -0.481 e. The highest BCUT2D eigenvalue weighted by atomic mass is 79.9. The Morgan fingerprint density at radius 3 is 2.65 bits per heavy atom. The van der Waals surface area contributed by atoms with Crippen LogP contribution in [0.1, 0.15) is 5.56 Å². The maximum absolute atomic E-state index is 5.00. The number of methoxy groups -OCH3 is 1. The molecule has 2 aromatic rings. The van der Waals surface area contributed by atoms with E-state index in [1.54, 1.807) is 19.5 Å². The zero-order valence-corrected chi connectivity index (χ0v) is 10.9. The molecule has 1 N–H and O–H groups in total. The summed E-state index contributed by atoms with van der Waals surface area (Å²) in [5.74, 6) is 0.624. The van der Waals surface area contributed by atoms with E-state index in [9.17, 15) is 0 Å². The number of hydrogen-bond donors (Lipinski definition) is 1. The zero-order chi connectivity index (χ0) is 12.1. The van der Waals surface area contributed by atoms with E-state index in [2.05, 4.69) is 31.2 Å². The molecule has 0 saturated heterocycles. The first-order chi connectivity index (χ1) is 8.28. The molecule has 2 aromatic heterocycles. The minimum atomic E-state index is 0.624. The van der Waals surface area contributed by atoms with Gasteiger partial charge in [0, 0.05) is 18.8 Å². The van der Waals surface area contributed by atoms with Crippen molar-refractivity contribution in [3.8, 4) is 5.88 Å². The third kappa shape index (κ3) is 3.42. The first kappa shape index (κ1) is 11.9. The summed E-state index contributed by atoms with van der Waals surface area (Å²) in [6, 6.07) is 7.69. The monoisotopic (exact) mass is 293 g/mol. The highest BCUT2D eigenvalue weighted by Crippen LogP contribution is 2.12. The van der Waals surface area contributed by atoms with Gasteiger partial charge in [-0.1, -0.05) is 6.07 Å². The van der Waals surface area contributed by atoms with Crippen LogP contribution in [0.2, 0.25) is 0 Å². The molecule has 0 aromatic carbocycles. The van der Waals surface area contributed by atoms with Gasteiger partial charge >= 0.3 is 0 Å². The summed E-state index contributed by atoms with van der Waals surface area (Å²) >= 11 is 3.29. The van der Waals surface area contributed by atoms with E-state index in [1.807, 2.05) is 24.3 Å². The molecule has 0 radical (unpaired) electrons. The molecule has 0 atom stereocenters. The molecule has 17 heavy (non-hydrogen) atoms. The third-order valence-electron chi connectivity index (χ3n) is 2.23. The summed E-state index contributed by atoms with van der Waals surface area (Å²) in [5.41, 5.74) is 2.07. The van der Waals surface area contributed by atoms with Crippen LogP contribution in [-0.4, -0.2) is 17.1 Å². The number of nitrogens with zero attached hydrogens (tertiary/aromatic N) is 2. The molecule has 0 aliphatic rings. The van der Waals surface area contributed by atoms with E-state index in [4.69, 9.17) is 4.74 Å². The zero-order valence-electron chi connectivity index (χ0n) is 9.35. The molecular weight excluding hydrogens is 282 g/mol. The molecule has 2 rings (SSSR count). The van der Waals surface area contributed by atoms with Gasteiger partial charge < -0.3 is 10.1 Å². The Kier molecular flexibility index (Phi) is 3.93. The van der Waals surface area contributed by atoms with Crippen LogP contribution in [-0.2, 0) is 6.54 Å². The van der Waals surface area contributed by atoms with Gasteiger partial charge in [0.15, 0.2) is 0 Å². The molecule has 0 bridgehead atoms. The van der Waals surface area contributed by atoms with Gasteiger partial charge in [-0.15, -0.1) is 0 Å². The molecular formula is C12H12BrN3O. The van der Waals surface area contributed by atoms with Gasteiger partial charge in [0.05, 0.1) is 19.0 Å². The molecule has 0 spiro atoms. The lowest BCUT2D eigenvalue weighted by molar-refractivity contribution is 0.397. The Bertz CT molecular complexity index is 470. The molecule has 4 nitrogen and oxygen atoms in total. The second kappa shape index (κ2) is 5.63. The molecule has 0 aliphatic carbocycles. The van der Waals surface area contributed by atoms with Crippen molar-refractivity contribution in [2.45, 2.75) is 6.54 Å². The average molecular weight is 294 g/mol. The van der Waals surface area contributed by atoms with Crippen molar-refractivity contribution in [2.24, 2.45) is 0 Å². The van der Waals surface area contributed by atoms with Crippen LogP contribution < -0.4 is 10.1 Å². The predicted molar refractivity (Wildman–Crippen MR) is 70.1 cm³/mol. The lowest BCUT2D eigenvalue weighted by Gasteiger charge is -2.06. The van der Waals surface area contributed by atoms with Crippen LogP contribution in [0.4, 0.5) is 5.69 Å². The summed E-state index contributed by atoms with van der Waals surface area (Å²) < 4.78 is 5.83. The van der Waals surface area contributed by atoms with Crippen LogP contribution in [0.25, 0.3) is 0 Å². The van der Waals surface area contributed by atoms with Gasteiger partial charge in [-0.3, -0.25) is 0 Å². The van der Waals surface area contributed by atoms with E-state index < -0.39 is 0 Å². The van der Waals surface area contributed by atoms with Crippen LogP contribution in [0.5, 0.6) is 5.88 Å². The lowest BCUT2D eigenvalue weighted by atomic mass is 10.3. The molecule has 0 saturated carbocycles. The number of hydrogen-bond acceptors (Lipinski definition) is 4. The second-order valence-electron chi connectivity index (χ2n) is 3.43. The first-order valence-corrected chi connectivity index (χ1v) is 5.91. The fourth-order valence-electron chi connectivity index (χ4n) is 1.32. The van der Waals surface area contributed by atoms with Gasteiger partial charge in [-0.25, -0.2) is 9.97 Å². The van der Waals surface area contributed by atoms with Crippen LogP contribution in [0, 0.1) is 0 Å². The summed E-state index contributed by atoms with van der Waals surface area (Å²) in [7, 11) is 1.60. The molecule has 5 heteroatoms. The minimum absolute atomic E-state index is 0.624. The van der Waals surface area contributed by atoms with Crippen LogP contribution in [0.15, 0.2) is 41.3 Å². The van der Waals surface area contributed by atoms with Crippen molar-refractivity contribution in [3.05, 3.63) is 46.8 Å².